The third-order valence-corrected chi connectivity index (χ3v) is 1.54. The first-order valence-electron chi connectivity index (χ1n) is 3.17. The zero-order valence-electron chi connectivity index (χ0n) is 6.34. The van der Waals surface area contributed by atoms with Crippen molar-refractivity contribution in [1.82, 2.24) is 4.98 Å². The fourth-order valence-electron chi connectivity index (χ4n) is 0.733. The molecule has 0 aromatic carbocycles. The Labute approximate surface area is 75.1 Å². The molecule has 0 atom stereocenters. The predicted molar refractivity (Wildman–Crippen MR) is 43.8 cm³/mol. The summed E-state index contributed by atoms with van der Waals surface area (Å²) in [5.41, 5.74) is 4.93. The van der Waals surface area contributed by atoms with Gasteiger partial charge >= 0.3 is 10.5 Å². The molecule has 13 heavy (non-hydrogen) atoms. The van der Waals surface area contributed by atoms with Crippen LogP contribution in [0.5, 0.6) is 0 Å². The van der Waals surface area contributed by atoms with Gasteiger partial charge in [0.25, 0.3) is 5.91 Å². The zero-order chi connectivity index (χ0) is 9.84. The minimum Gasteiger partial charge on any atom is -0.365 e. The molecular weight excluding hydrogens is 194 g/mol. The van der Waals surface area contributed by atoms with Gasteiger partial charge in [0.05, 0.1) is 5.56 Å². The quantitative estimate of drug-likeness (QED) is 0.716. The highest BCUT2D eigenvalue weighted by Gasteiger charge is 2.07. The molecule has 6 nitrogen and oxygen atoms in total. The lowest BCUT2D eigenvalue weighted by molar-refractivity contribution is 0.100. The third kappa shape index (κ3) is 2.34. The van der Waals surface area contributed by atoms with Gasteiger partial charge in [0.15, 0.2) is 5.82 Å². The molecule has 0 aliphatic carbocycles. The molecular formula is C6H5N3O3S. The topological polar surface area (TPSA) is 102 Å². The summed E-state index contributed by atoms with van der Waals surface area (Å²) in [7, 11) is -2.64. The molecule has 1 rings (SSSR count). The maximum Gasteiger partial charge on any atom is 0.317 e. The van der Waals surface area contributed by atoms with E-state index in [0.29, 0.717) is 0 Å². The van der Waals surface area contributed by atoms with Crippen molar-refractivity contribution >= 4 is 22.2 Å². The van der Waals surface area contributed by atoms with Crippen molar-refractivity contribution in [2.45, 2.75) is 0 Å². The van der Waals surface area contributed by atoms with Crippen molar-refractivity contribution in [3.63, 3.8) is 0 Å². The Bertz CT molecular complexity index is 458. The van der Waals surface area contributed by atoms with Crippen LogP contribution in [-0.2, 0) is 10.5 Å². The first-order chi connectivity index (χ1) is 6.11. The monoisotopic (exact) mass is 199 g/mol. The molecule has 1 aromatic heterocycles. The molecule has 7 heteroatoms. The molecule has 68 valence electrons. The Hall–Kier alpha value is -1.76. The number of carbonyl (C=O) groups is 1. The Balaban J connectivity index is 3.36. The average Bonchev–Trinajstić information content (AvgIpc) is 2.03. The molecule has 0 aliphatic rings. The molecule has 0 radical (unpaired) electrons. The van der Waals surface area contributed by atoms with Crippen molar-refractivity contribution in [1.29, 1.82) is 0 Å². The van der Waals surface area contributed by atoms with E-state index < -0.39 is 16.4 Å². The van der Waals surface area contributed by atoms with E-state index in [-0.39, 0.29) is 11.4 Å². The van der Waals surface area contributed by atoms with Gasteiger partial charge in [-0.2, -0.15) is 8.42 Å². The van der Waals surface area contributed by atoms with Gasteiger partial charge in [0.2, 0.25) is 0 Å². The maximum absolute atomic E-state index is 10.7. The van der Waals surface area contributed by atoms with Crippen molar-refractivity contribution in [3.8, 4) is 0 Å². The van der Waals surface area contributed by atoms with Crippen molar-refractivity contribution in [3.05, 3.63) is 23.9 Å². The smallest absolute Gasteiger partial charge is 0.317 e. The van der Waals surface area contributed by atoms with Gasteiger partial charge in [-0.3, -0.25) is 4.79 Å². The number of primary amides is 1. The van der Waals surface area contributed by atoms with Gasteiger partial charge in [0.1, 0.15) is 0 Å². The number of amides is 1. The minimum atomic E-state index is -2.64. The van der Waals surface area contributed by atoms with Crippen LogP contribution < -0.4 is 5.73 Å². The van der Waals surface area contributed by atoms with E-state index in [1.54, 1.807) is 0 Å². The molecule has 0 fully saturated rings. The fourth-order valence-corrected chi connectivity index (χ4v) is 1.02. The van der Waals surface area contributed by atoms with Crippen LogP contribution in [0.1, 0.15) is 10.4 Å². The standard InChI is InChI=1S/C6H5N3O3S/c7-5(10)4-2-1-3-8-6(4)9-13(11)12/h1-3H,(H2,7,10). The number of nitrogens with two attached hydrogens (primary N) is 1. The van der Waals surface area contributed by atoms with E-state index in [2.05, 4.69) is 9.35 Å². The second-order valence-electron chi connectivity index (χ2n) is 2.05. The number of carbonyl (C=O) groups excluding carboxylic acids is 1. The van der Waals surface area contributed by atoms with Crippen LogP contribution in [0.4, 0.5) is 5.82 Å². The van der Waals surface area contributed by atoms with Gasteiger partial charge in [-0.15, -0.1) is 4.36 Å². The molecule has 1 aromatic rings. The van der Waals surface area contributed by atoms with E-state index in [1.807, 2.05) is 0 Å². The molecule has 0 saturated carbocycles. The van der Waals surface area contributed by atoms with Crippen molar-refractivity contribution in [2.75, 3.05) is 0 Å². The zero-order valence-corrected chi connectivity index (χ0v) is 7.15. The number of rotatable bonds is 2. The molecule has 0 spiro atoms. The first-order valence-corrected chi connectivity index (χ1v) is 4.20. The lowest BCUT2D eigenvalue weighted by Gasteiger charge is -1.95. The van der Waals surface area contributed by atoms with Gasteiger partial charge in [0, 0.05) is 6.20 Å². The average molecular weight is 199 g/mol. The van der Waals surface area contributed by atoms with E-state index in [1.165, 1.54) is 18.3 Å². The summed E-state index contributed by atoms with van der Waals surface area (Å²) < 4.78 is 23.5. The summed E-state index contributed by atoms with van der Waals surface area (Å²) in [6.45, 7) is 0. The molecule has 0 saturated heterocycles. The number of hydrogen-bond donors (Lipinski definition) is 1. The summed E-state index contributed by atoms with van der Waals surface area (Å²) in [6, 6.07) is 2.81. The van der Waals surface area contributed by atoms with Crippen LogP contribution in [0.2, 0.25) is 0 Å². The number of aromatic nitrogens is 1. The fraction of sp³-hybridized carbons (Fsp3) is 0. The van der Waals surface area contributed by atoms with Gasteiger partial charge in [-0.25, -0.2) is 4.98 Å². The highest BCUT2D eigenvalue weighted by Crippen LogP contribution is 2.13. The minimum absolute atomic E-state index is 0.0216. The van der Waals surface area contributed by atoms with Crippen LogP contribution in [0, 0.1) is 0 Å². The summed E-state index contributed by atoms with van der Waals surface area (Å²) in [5.74, 6) is -0.958. The molecule has 0 unspecified atom stereocenters. The highest BCUT2D eigenvalue weighted by atomic mass is 32.2. The summed E-state index contributed by atoms with van der Waals surface area (Å²) in [5, 5.41) is 0. The predicted octanol–water partition coefficient (Wildman–Crippen LogP) is -0.125. The Morgan fingerprint density at radius 3 is 2.77 bits per heavy atom. The van der Waals surface area contributed by atoms with Crippen molar-refractivity contribution < 1.29 is 13.2 Å². The number of nitrogens with zero attached hydrogens (tertiary/aromatic N) is 2. The van der Waals surface area contributed by atoms with E-state index in [4.69, 9.17) is 5.73 Å². The molecule has 0 aliphatic heterocycles. The lowest BCUT2D eigenvalue weighted by Crippen LogP contribution is -2.11. The number of pyridine rings is 1. The second kappa shape index (κ2) is 3.76. The van der Waals surface area contributed by atoms with Crippen molar-refractivity contribution in [2.24, 2.45) is 10.1 Å². The van der Waals surface area contributed by atoms with Gasteiger partial charge in [-0.1, -0.05) is 0 Å². The molecule has 1 amide bonds. The summed E-state index contributed by atoms with van der Waals surface area (Å²) >= 11 is 0. The van der Waals surface area contributed by atoms with Crippen LogP contribution >= 0.6 is 0 Å². The SMILES string of the molecule is NC(=O)c1cccnc1N=S(=O)=O. The summed E-state index contributed by atoms with van der Waals surface area (Å²) in [6.07, 6.45) is 1.32. The largest absolute Gasteiger partial charge is 0.365 e. The van der Waals surface area contributed by atoms with E-state index >= 15 is 0 Å². The maximum atomic E-state index is 10.7. The molecule has 0 bridgehead atoms. The second-order valence-corrected chi connectivity index (χ2v) is 2.66. The summed E-state index contributed by atoms with van der Waals surface area (Å²) in [4.78, 5) is 14.3. The molecule has 2 N–H and O–H groups in total. The van der Waals surface area contributed by atoms with Crippen LogP contribution in [0.15, 0.2) is 22.7 Å². The molecule has 1 heterocycles. The lowest BCUT2D eigenvalue weighted by atomic mass is 10.2. The van der Waals surface area contributed by atoms with Gasteiger partial charge in [-0.05, 0) is 12.1 Å². The number of hydrogen-bond acceptors (Lipinski definition) is 5. The van der Waals surface area contributed by atoms with E-state index in [0.717, 1.165) is 0 Å². The van der Waals surface area contributed by atoms with Gasteiger partial charge < -0.3 is 5.73 Å². The Morgan fingerprint density at radius 1 is 1.54 bits per heavy atom. The normalized spacial score (nSPS) is 9.23. The van der Waals surface area contributed by atoms with E-state index in [9.17, 15) is 13.2 Å². The Morgan fingerprint density at radius 2 is 2.23 bits per heavy atom. The van der Waals surface area contributed by atoms with Crippen LogP contribution in [-0.4, -0.2) is 19.3 Å². The first kappa shape index (κ1) is 9.33. The van der Waals surface area contributed by atoms with Crippen LogP contribution in [0.3, 0.4) is 0 Å². The third-order valence-electron chi connectivity index (χ3n) is 1.21. The Kier molecular flexibility index (Phi) is 2.70. The van der Waals surface area contributed by atoms with Crippen LogP contribution in [0.25, 0.3) is 0 Å². The highest BCUT2D eigenvalue weighted by molar-refractivity contribution is 7.61.